The number of benzene rings is 2. The molecule has 1 aliphatic heterocycles. The minimum Gasteiger partial charge on any atom is -0.465 e. The molecule has 1 aliphatic rings. The van der Waals surface area contributed by atoms with E-state index in [2.05, 4.69) is 5.32 Å². The number of hydrogen-bond acceptors (Lipinski definition) is 5. The van der Waals surface area contributed by atoms with Crippen LogP contribution in [0.15, 0.2) is 60.3 Å². The summed E-state index contributed by atoms with van der Waals surface area (Å²) in [6, 6.07) is 16.4. The van der Waals surface area contributed by atoms with Crippen LogP contribution < -0.4 is 10.2 Å². The maximum absolute atomic E-state index is 12.6. The van der Waals surface area contributed by atoms with Crippen LogP contribution in [0.2, 0.25) is 0 Å². The Balaban J connectivity index is 1.86. The molecule has 1 N–H and O–H groups in total. The Morgan fingerprint density at radius 3 is 2.70 bits per heavy atom. The first-order chi connectivity index (χ1) is 13.1. The molecule has 0 saturated carbocycles. The van der Waals surface area contributed by atoms with E-state index in [0.29, 0.717) is 5.69 Å². The zero-order valence-corrected chi connectivity index (χ0v) is 14.9. The molecule has 0 saturated heterocycles. The van der Waals surface area contributed by atoms with Gasteiger partial charge in [-0.25, -0.2) is 4.79 Å². The SMILES string of the molecule is COC(=O)c1ccccc1NC(=O)/C(C#N)=C\N1CCCc2ccccc21. The van der Waals surface area contributed by atoms with Gasteiger partial charge in [-0.3, -0.25) is 4.79 Å². The molecule has 6 heteroatoms. The summed E-state index contributed by atoms with van der Waals surface area (Å²) in [5, 5.41) is 12.1. The quantitative estimate of drug-likeness (QED) is 0.513. The molecular weight excluding hydrogens is 342 g/mol. The molecule has 0 aliphatic carbocycles. The van der Waals surface area contributed by atoms with Crippen LogP contribution in [0.25, 0.3) is 0 Å². The number of carbonyl (C=O) groups excluding carboxylic acids is 2. The lowest BCUT2D eigenvalue weighted by Crippen LogP contribution is -2.26. The molecule has 2 aromatic carbocycles. The lowest BCUT2D eigenvalue weighted by atomic mass is 10.0. The first kappa shape index (κ1) is 18.2. The van der Waals surface area contributed by atoms with Crippen molar-refractivity contribution in [3.63, 3.8) is 0 Å². The summed E-state index contributed by atoms with van der Waals surface area (Å²) in [6.07, 6.45) is 3.48. The highest BCUT2D eigenvalue weighted by molar-refractivity contribution is 6.09. The van der Waals surface area contributed by atoms with E-state index in [1.165, 1.54) is 12.7 Å². The zero-order valence-electron chi connectivity index (χ0n) is 14.9. The predicted octanol–water partition coefficient (Wildman–Crippen LogP) is 3.27. The van der Waals surface area contributed by atoms with Crippen LogP contribution >= 0.6 is 0 Å². The number of ether oxygens (including phenoxy) is 1. The first-order valence-corrected chi connectivity index (χ1v) is 8.59. The van der Waals surface area contributed by atoms with Crippen molar-refractivity contribution in [3.05, 3.63) is 71.4 Å². The molecule has 0 bridgehead atoms. The number of nitrogens with one attached hydrogen (secondary N) is 1. The summed E-state index contributed by atoms with van der Waals surface area (Å²) < 4.78 is 4.73. The number of esters is 1. The standard InChI is InChI=1S/C21H19N3O3/c1-27-21(26)17-9-3-4-10-18(17)23-20(25)16(13-22)14-24-12-6-8-15-7-2-5-11-19(15)24/h2-5,7,9-11,14H,6,8,12H2,1H3,(H,23,25)/b16-14-. The summed E-state index contributed by atoms with van der Waals surface area (Å²) in [5.41, 5.74) is 2.68. The average molecular weight is 361 g/mol. The van der Waals surface area contributed by atoms with E-state index in [4.69, 9.17) is 4.74 Å². The average Bonchev–Trinajstić information content (AvgIpc) is 2.71. The second-order valence-corrected chi connectivity index (χ2v) is 6.07. The van der Waals surface area contributed by atoms with Crippen molar-refractivity contribution in [2.45, 2.75) is 12.8 Å². The number of rotatable bonds is 4. The van der Waals surface area contributed by atoms with Crippen molar-refractivity contribution >= 4 is 23.3 Å². The maximum atomic E-state index is 12.6. The molecule has 0 atom stereocenters. The van der Waals surface area contributed by atoms with Gasteiger partial charge in [0.1, 0.15) is 11.6 Å². The Labute approximate surface area is 157 Å². The number of carbonyl (C=O) groups is 2. The Morgan fingerprint density at radius 2 is 1.93 bits per heavy atom. The molecule has 27 heavy (non-hydrogen) atoms. The van der Waals surface area contributed by atoms with Crippen molar-refractivity contribution in [2.24, 2.45) is 0 Å². The molecule has 136 valence electrons. The van der Waals surface area contributed by atoms with Gasteiger partial charge >= 0.3 is 5.97 Å². The van der Waals surface area contributed by atoms with E-state index in [1.807, 2.05) is 35.2 Å². The molecular formula is C21H19N3O3. The summed E-state index contributed by atoms with van der Waals surface area (Å²) in [5.74, 6) is -1.13. The summed E-state index contributed by atoms with van der Waals surface area (Å²) >= 11 is 0. The van der Waals surface area contributed by atoms with E-state index >= 15 is 0 Å². The third-order valence-electron chi connectivity index (χ3n) is 4.38. The van der Waals surface area contributed by atoms with Gasteiger partial charge in [-0.05, 0) is 36.6 Å². The number of para-hydroxylation sites is 2. The smallest absolute Gasteiger partial charge is 0.339 e. The van der Waals surface area contributed by atoms with Crippen LogP contribution in [0.5, 0.6) is 0 Å². The minimum atomic E-state index is -0.572. The van der Waals surface area contributed by atoms with Gasteiger partial charge in [-0.15, -0.1) is 0 Å². The Bertz CT molecular complexity index is 944. The van der Waals surface area contributed by atoms with Crippen LogP contribution in [0, 0.1) is 11.3 Å². The fourth-order valence-electron chi connectivity index (χ4n) is 3.06. The molecule has 0 radical (unpaired) electrons. The Kier molecular flexibility index (Phi) is 5.53. The molecule has 6 nitrogen and oxygen atoms in total. The fourth-order valence-corrected chi connectivity index (χ4v) is 3.06. The number of hydrogen-bond donors (Lipinski definition) is 1. The van der Waals surface area contributed by atoms with Crippen LogP contribution in [0.4, 0.5) is 11.4 Å². The molecule has 1 heterocycles. The van der Waals surface area contributed by atoms with Crippen LogP contribution in [-0.2, 0) is 16.0 Å². The van der Waals surface area contributed by atoms with Crippen molar-refractivity contribution in [1.29, 1.82) is 5.26 Å². The third kappa shape index (κ3) is 3.98. The van der Waals surface area contributed by atoms with Gasteiger partial charge in [-0.2, -0.15) is 5.26 Å². The Hall–Kier alpha value is -3.59. The van der Waals surface area contributed by atoms with Crippen LogP contribution in [-0.4, -0.2) is 25.5 Å². The highest BCUT2D eigenvalue weighted by Gasteiger charge is 2.19. The second-order valence-electron chi connectivity index (χ2n) is 6.07. The zero-order chi connectivity index (χ0) is 19.2. The van der Waals surface area contributed by atoms with Gasteiger partial charge in [0, 0.05) is 18.4 Å². The largest absolute Gasteiger partial charge is 0.465 e. The van der Waals surface area contributed by atoms with E-state index in [0.717, 1.165) is 25.1 Å². The number of nitriles is 1. The van der Waals surface area contributed by atoms with Crippen molar-refractivity contribution in [1.82, 2.24) is 0 Å². The first-order valence-electron chi connectivity index (χ1n) is 8.59. The number of anilines is 2. The van der Waals surface area contributed by atoms with Crippen molar-refractivity contribution < 1.29 is 14.3 Å². The van der Waals surface area contributed by atoms with Gasteiger partial charge in [0.2, 0.25) is 0 Å². The molecule has 3 rings (SSSR count). The van der Waals surface area contributed by atoms with Crippen LogP contribution in [0.1, 0.15) is 22.3 Å². The van der Waals surface area contributed by atoms with Gasteiger partial charge in [-0.1, -0.05) is 30.3 Å². The van der Waals surface area contributed by atoms with E-state index in [1.54, 1.807) is 30.5 Å². The third-order valence-corrected chi connectivity index (χ3v) is 4.38. The van der Waals surface area contributed by atoms with E-state index in [9.17, 15) is 14.9 Å². The minimum absolute atomic E-state index is 0.0358. The summed E-state index contributed by atoms with van der Waals surface area (Å²) in [6.45, 7) is 0.730. The van der Waals surface area contributed by atoms with Gasteiger partial charge in [0.05, 0.1) is 18.4 Å². The summed E-state index contributed by atoms with van der Waals surface area (Å²) in [4.78, 5) is 26.4. The van der Waals surface area contributed by atoms with Crippen molar-refractivity contribution in [3.8, 4) is 6.07 Å². The highest BCUT2D eigenvalue weighted by Crippen LogP contribution is 2.27. The number of methoxy groups -OCH3 is 1. The molecule has 2 aromatic rings. The number of aryl methyl sites for hydroxylation is 1. The molecule has 0 fully saturated rings. The summed E-state index contributed by atoms with van der Waals surface area (Å²) in [7, 11) is 1.27. The number of amides is 1. The van der Waals surface area contributed by atoms with Crippen molar-refractivity contribution in [2.75, 3.05) is 23.9 Å². The number of fused-ring (bicyclic) bond motifs is 1. The maximum Gasteiger partial charge on any atom is 0.339 e. The van der Waals surface area contributed by atoms with Crippen LogP contribution in [0.3, 0.4) is 0 Å². The monoisotopic (exact) mass is 361 g/mol. The lowest BCUT2D eigenvalue weighted by molar-refractivity contribution is -0.112. The van der Waals surface area contributed by atoms with Gasteiger partial charge in [0.15, 0.2) is 0 Å². The van der Waals surface area contributed by atoms with Gasteiger partial charge in [0.25, 0.3) is 5.91 Å². The topological polar surface area (TPSA) is 82.4 Å². The van der Waals surface area contributed by atoms with E-state index < -0.39 is 11.9 Å². The molecule has 0 spiro atoms. The van der Waals surface area contributed by atoms with E-state index in [-0.39, 0.29) is 11.1 Å². The normalized spacial score (nSPS) is 13.3. The fraction of sp³-hybridized carbons (Fsp3) is 0.190. The Morgan fingerprint density at radius 1 is 1.19 bits per heavy atom. The van der Waals surface area contributed by atoms with Gasteiger partial charge < -0.3 is 15.0 Å². The highest BCUT2D eigenvalue weighted by atomic mass is 16.5. The lowest BCUT2D eigenvalue weighted by Gasteiger charge is -2.28. The predicted molar refractivity (Wildman–Crippen MR) is 102 cm³/mol. The molecule has 0 aromatic heterocycles. The second kappa shape index (κ2) is 8.19. The molecule has 0 unspecified atom stereocenters. The molecule has 1 amide bonds. The number of nitrogens with zero attached hydrogens (tertiary/aromatic N) is 2.